The average Bonchev–Trinajstić information content (AvgIpc) is 2.53. The molecule has 3 rings (SSSR count). The first-order chi connectivity index (χ1) is 10.3. The molecule has 0 spiro atoms. The lowest BCUT2D eigenvalue weighted by molar-refractivity contribution is 0.285. The van der Waals surface area contributed by atoms with Crippen LogP contribution in [0.15, 0.2) is 59.5 Å². The molecule has 2 aromatic carbocycles. The fraction of sp³-hybridized carbons (Fsp3) is 0.118. The largest absolute Gasteiger partial charge is 0.493 e. The number of ether oxygens (including phenoxy) is 2. The van der Waals surface area contributed by atoms with Crippen LogP contribution in [0.25, 0.3) is 10.9 Å². The molecule has 0 amide bonds. The first kappa shape index (κ1) is 15.9. The van der Waals surface area contributed by atoms with Gasteiger partial charge in [-0.05, 0) is 11.6 Å². The number of aromatic amines is 1. The maximum Gasteiger partial charge on any atom is 0.189 e. The molecule has 0 saturated carbocycles. The highest BCUT2D eigenvalue weighted by atomic mass is 35.5. The molecule has 0 unspecified atom stereocenters. The maximum absolute atomic E-state index is 11.8. The summed E-state index contributed by atoms with van der Waals surface area (Å²) < 4.78 is 11.1. The van der Waals surface area contributed by atoms with Crippen LogP contribution in [0.3, 0.4) is 0 Å². The van der Waals surface area contributed by atoms with Crippen molar-refractivity contribution in [3.63, 3.8) is 0 Å². The summed E-state index contributed by atoms with van der Waals surface area (Å²) in [6.45, 7) is 0.444. The minimum absolute atomic E-state index is 0. The second kappa shape index (κ2) is 7.00. The van der Waals surface area contributed by atoms with Gasteiger partial charge in [0.05, 0.1) is 12.6 Å². The van der Waals surface area contributed by atoms with Crippen LogP contribution in [-0.2, 0) is 6.61 Å². The minimum Gasteiger partial charge on any atom is -0.493 e. The predicted molar refractivity (Wildman–Crippen MR) is 89.1 cm³/mol. The van der Waals surface area contributed by atoms with Crippen molar-refractivity contribution in [1.29, 1.82) is 0 Å². The maximum atomic E-state index is 11.8. The molecule has 114 valence electrons. The third-order valence-corrected chi connectivity index (χ3v) is 3.28. The highest BCUT2D eigenvalue weighted by Gasteiger charge is 2.09. The first-order valence-corrected chi connectivity index (χ1v) is 6.64. The van der Waals surface area contributed by atoms with Crippen LogP contribution in [0.1, 0.15) is 5.56 Å². The van der Waals surface area contributed by atoms with Gasteiger partial charge in [-0.2, -0.15) is 0 Å². The Bertz CT molecular complexity index is 815. The number of halogens is 1. The number of aromatic nitrogens is 1. The zero-order valence-corrected chi connectivity index (χ0v) is 12.9. The summed E-state index contributed by atoms with van der Waals surface area (Å²) in [5.41, 5.74) is 1.75. The molecular formula is C17H16ClNO3. The van der Waals surface area contributed by atoms with E-state index in [2.05, 4.69) is 4.98 Å². The standard InChI is InChI=1S/C17H15NO3.ClH/c1-20-16-9-13-14(18-8-7-15(13)19)10-17(16)21-11-12-5-3-2-4-6-12;/h2-10H,11H2,1H3,(H,18,19);1H. The first-order valence-electron chi connectivity index (χ1n) is 6.64. The van der Waals surface area contributed by atoms with E-state index < -0.39 is 0 Å². The van der Waals surface area contributed by atoms with Gasteiger partial charge in [0.2, 0.25) is 0 Å². The molecule has 3 aromatic rings. The van der Waals surface area contributed by atoms with E-state index in [4.69, 9.17) is 9.47 Å². The molecule has 0 aliphatic rings. The zero-order chi connectivity index (χ0) is 14.7. The molecular weight excluding hydrogens is 302 g/mol. The predicted octanol–water partition coefficient (Wildman–Crippen LogP) is 3.54. The number of pyridine rings is 1. The van der Waals surface area contributed by atoms with Gasteiger partial charge >= 0.3 is 0 Å². The molecule has 0 aliphatic heterocycles. The molecule has 0 saturated heterocycles. The van der Waals surface area contributed by atoms with Crippen molar-refractivity contribution in [3.05, 3.63) is 70.5 Å². The summed E-state index contributed by atoms with van der Waals surface area (Å²) in [7, 11) is 1.56. The Hall–Kier alpha value is -2.46. The van der Waals surface area contributed by atoms with E-state index in [1.807, 2.05) is 30.3 Å². The van der Waals surface area contributed by atoms with Crippen LogP contribution >= 0.6 is 12.4 Å². The van der Waals surface area contributed by atoms with Gasteiger partial charge in [0.15, 0.2) is 16.9 Å². The molecule has 22 heavy (non-hydrogen) atoms. The van der Waals surface area contributed by atoms with Gasteiger partial charge in [-0.15, -0.1) is 12.4 Å². The molecule has 1 N–H and O–H groups in total. The van der Waals surface area contributed by atoms with E-state index in [0.29, 0.717) is 23.5 Å². The van der Waals surface area contributed by atoms with Crippen molar-refractivity contribution in [2.45, 2.75) is 6.61 Å². The zero-order valence-electron chi connectivity index (χ0n) is 12.0. The van der Waals surface area contributed by atoms with Gasteiger partial charge in [0.1, 0.15) is 6.61 Å². The lowest BCUT2D eigenvalue weighted by Crippen LogP contribution is -2.03. The van der Waals surface area contributed by atoms with E-state index in [-0.39, 0.29) is 17.8 Å². The van der Waals surface area contributed by atoms with Gasteiger partial charge in [0.25, 0.3) is 0 Å². The highest BCUT2D eigenvalue weighted by Crippen LogP contribution is 2.30. The smallest absolute Gasteiger partial charge is 0.189 e. The Morgan fingerprint density at radius 2 is 1.82 bits per heavy atom. The molecule has 4 nitrogen and oxygen atoms in total. The summed E-state index contributed by atoms with van der Waals surface area (Å²) in [5.74, 6) is 1.16. The number of H-pyrrole nitrogens is 1. The molecule has 0 aliphatic carbocycles. The number of rotatable bonds is 4. The van der Waals surface area contributed by atoms with Gasteiger partial charge in [-0.25, -0.2) is 0 Å². The summed E-state index contributed by atoms with van der Waals surface area (Å²) in [4.78, 5) is 14.9. The second-order valence-electron chi connectivity index (χ2n) is 4.66. The van der Waals surface area contributed by atoms with E-state index in [1.54, 1.807) is 25.4 Å². The summed E-state index contributed by atoms with van der Waals surface area (Å²) in [6, 6.07) is 14.9. The Labute approximate surface area is 134 Å². The van der Waals surface area contributed by atoms with Crippen molar-refractivity contribution in [1.82, 2.24) is 4.98 Å². The Morgan fingerprint density at radius 3 is 2.55 bits per heavy atom. The number of hydrogen-bond acceptors (Lipinski definition) is 3. The topological polar surface area (TPSA) is 51.3 Å². The number of fused-ring (bicyclic) bond motifs is 1. The molecule has 0 bridgehead atoms. The molecule has 0 atom stereocenters. The lowest BCUT2D eigenvalue weighted by Gasteiger charge is -2.12. The molecule has 1 heterocycles. The van der Waals surface area contributed by atoms with Crippen molar-refractivity contribution < 1.29 is 9.47 Å². The Kier molecular flexibility index (Phi) is 5.07. The summed E-state index contributed by atoms with van der Waals surface area (Å²) >= 11 is 0. The van der Waals surface area contributed by atoms with E-state index in [9.17, 15) is 4.79 Å². The quantitative estimate of drug-likeness (QED) is 0.800. The summed E-state index contributed by atoms with van der Waals surface area (Å²) in [6.07, 6.45) is 1.62. The van der Waals surface area contributed by atoms with E-state index in [1.165, 1.54) is 6.07 Å². The lowest BCUT2D eigenvalue weighted by atomic mass is 10.2. The fourth-order valence-corrected chi connectivity index (χ4v) is 2.19. The van der Waals surface area contributed by atoms with Crippen LogP contribution in [0.5, 0.6) is 11.5 Å². The third-order valence-electron chi connectivity index (χ3n) is 3.28. The Balaban J connectivity index is 0.00000176. The number of nitrogens with one attached hydrogen (secondary N) is 1. The monoisotopic (exact) mass is 317 g/mol. The van der Waals surface area contributed by atoms with Crippen molar-refractivity contribution in [2.24, 2.45) is 0 Å². The van der Waals surface area contributed by atoms with Crippen molar-refractivity contribution in [2.75, 3.05) is 7.11 Å². The van der Waals surface area contributed by atoms with Crippen molar-refractivity contribution in [3.8, 4) is 11.5 Å². The van der Waals surface area contributed by atoms with E-state index in [0.717, 1.165) is 11.1 Å². The highest BCUT2D eigenvalue weighted by molar-refractivity contribution is 5.85. The second-order valence-corrected chi connectivity index (χ2v) is 4.66. The minimum atomic E-state index is -0.0448. The molecule has 1 aromatic heterocycles. The normalized spacial score (nSPS) is 10.0. The summed E-state index contributed by atoms with van der Waals surface area (Å²) in [5, 5.41) is 0.585. The molecule has 0 radical (unpaired) electrons. The van der Waals surface area contributed by atoms with Crippen molar-refractivity contribution >= 4 is 23.3 Å². The fourth-order valence-electron chi connectivity index (χ4n) is 2.19. The average molecular weight is 318 g/mol. The van der Waals surface area contributed by atoms with Gasteiger partial charge in [-0.3, -0.25) is 4.79 Å². The van der Waals surface area contributed by atoms with Gasteiger partial charge in [-0.1, -0.05) is 30.3 Å². The van der Waals surface area contributed by atoms with Gasteiger partial charge < -0.3 is 14.5 Å². The number of benzene rings is 2. The Morgan fingerprint density at radius 1 is 1.05 bits per heavy atom. The van der Waals surface area contributed by atoms with Crippen LogP contribution in [0.2, 0.25) is 0 Å². The molecule has 5 heteroatoms. The SMILES string of the molecule is COc1cc2c(=O)cc[nH]c2cc1OCc1ccccc1.Cl. The number of hydrogen-bond donors (Lipinski definition) is 1. The van der Waals surface area contributed by atoms with Crippen LogP contribution in [-0.4, -0.2) is 12.1 Å². The van der Waals surface area contributed by atoms with Gasteiger partial charge in [0, 0.05) is 23.7 Å². The molecule has 0 fully saturated rings. The van der Waals surface area contributed by atoms with Crippen LogP contribution in [0.4, 0.5) is 0 Å². The van der Waals surface area contributed by atoms with E-state index >= 15 is 0 Å². The number of methoxy groups -OCH3 is 1. The van der Waals surface area contributed by atoms with Crippen LogP contribution in [0, 0.1) is 0 Å². The van der Waals surface area contributed by atoms with Crippen LogP contribution < -0.4 is 14.9 Å². The third kappa shape index (κ3) is 3.23.